The van der Waals surface area contributed by atoms with Crippen LogP contribution in [0, 0.1) is 17.3 Å². The van der Waals surface area contributed by atoms with Gasteiger partial charge in [0.2, 0.25) is 0 Å². The molecular weight excluding hydrogens is 396 g/mol. The van der Waals surface area contributed by atoms with Crippen molar-refractivity contribution in [1.29, 1.82) is 0 Å². The summed E-state index contributed by atoms with van der Waals surface area (Å²) in [5.74, 6) is 0.990. The first-order valence-electron chi connectivity index (χ1n) is 9.02. The molecule has 0 aromatic heterocycles. The number of nitrogens with zero attached hydrogens (tertiary/aromatic N) is 1. The second-order valence-electron chi connectivity index (χ2n) is 8.18. The minimum Gasteiger partial charge on any atom is -0.381 e. The molecule has 0 radical (unpaired) electrons. The molecule has 0 bridgehead atoms. The third kappa shape index (κ3) is 2.38. The first kappa shape index (κ1) is 17.6. The molecule has 1 fully saturated rings. The van der Waals surface area contributed by atoms with E-state index >= 15 is 0 Å². The van der Waals surface area contributed by atoms with Crippen LogP contribution >= 0.6 is 28.1 Å². The molecular formula is C20H25BrN2OS. The zero-order valence-corrected chi connectivity index (χ0v) is 17.6. The third-order valence-corrected chi connectivity index (χ3v) is 7.43. The highest BCUT2D eigenvalue weighted by atomic mass is 79.9. The van der Waals surface area contributed by atoms with E-state index in [4.69, 9.17) is 21.9 Å². The van der Waals surface area contributed by atoms with E-state index in [0.29, 0.717) is 17.9 Å². The van der Waals surface area contributed by atoms with E-state index in [1.54, 1.807) is 0 Å². The molecule has 0 amide bonds. The number of thiocarbonyl (C=S) groups is 1. The van der Waals surface area contributed by atoms with E-state index in [-0.39, 0.29) is 5.41 Å². The van der Waals surface area contributed by atoms with E-state index in [1.807, 2.05) is 14.0 Å². The first-order chi connectivity index (χ1) is 11.8. The number of methoxy groups -OCH3 is 1. The van der Waals surface area contributed by atoms with Gasteiger partial charge >= 0.3 is 0 Å². The molecule has 0 saturated heterocycles. The Bertz CT molecular complexity index is 765. The number of aliphatic imine (C=N–C) groups is 1. The van der Waals surface area contributed by atoms with Gasteiger partial charge in [-0.2, -0.15) is 0 Å². The number of rotatable bonds is 1. The second-order valence-corrected chi connectivity index (χ2v) is 9.51. The molecule has 3 aliphatic rings. The number of benzene rings is 1. The summed E-state index contributed by atoms with van der Waals surface area (Å²) >= 11 is 9.25. The molecule has 1 aromatic rings. The number of ether oxygens (including phenoxy) is 1. The van der Waals surface area contributed by atoms with Crippen molar-refractivity contribution < 1.29 is 4.74 Å². The molecule has 25 heavy (non-hydrogen) atoms. The Kier molecular flexibility index (Phi) is 4.13. The van der Waals surface area contributed by atoms with Gasteiger partial charge < -0.3 is 10.1 Å². The number of hydrogen-bond donors (Lipinski definition) is 1. The molecule has 1 aromatic carbocycles. The monoisotopic (exact) mass is 420 g/mol. The molecule has 134 valence electrons. The molecule has 1 saturated carbocycles. The van der Waals surface area contributed by atoms with Crippen molar-refractivity contribution in [3.8, 4) is 0 Å². The van der Waals surface area contributed by atoms with Crippen molar-refractivity contribution in [2.45, 2.75) is 51.8 Å². The van der Waals surface area contributed by atoms with E-state index in [2.05, 4.69) is 53.3 Å². The Morgan fingerprint density at radius 1 is 1.28 bits per heavy atom. The summed E-state index contributed by atoms with van der Waals surface area (Å²) in [6.07, 6.45) is 3.55. The lowest BCUT2D eigenvalue weighted by Crippen LogP contribution is -2.56. The van der Waals surface area contributed by atoms with Crippen molar-refractivity contribution in [1.82, 2.24) is 5.32 Å². The van der Waals surface area contributed by atoms with Gasteiger partial charge in [0.05, 0.1) is 11.8 Å². The van der Waals surface area contributed by atoms with Crippen LogP contribution in [0.1, 0.15) is 44.7 Å². The first-order valence-corrected chi connectivity index (χ1v) is 10.2. The summed E-state index contributed by atoms with van der Waals surface area (Å²) in [4.78, 5) is 5.98. The Hall–Kier alpha value is -0.780. The highest BCUT2D eigenvalue weighted by molar-refractivity contribution is 9.10. The van der Waals surface area contributed by atoms with Gasteiger partial charge in [-0.1, -0.05) is 48.1 Å². The van der Waals surface area contributed by atoms with Crippen molar-refractivity contribution in [2.24, 2.45) is 22.2 Å². The fraction of sp³-hybridized carbons (Fsp3) is 0.600. The average Bonchev–Trinajstić information content (AvgIpc) is 2.96. The quantitative estimate of drug-likeness (QED) is 0.672. The number of nitrogens with one attached hydrogen (secondary N) is 1. The van der Waals surface area contributed by atoms with Gasteiger partial charge in [-0.25, -0.2) is 0 Å². The summed E-state index contributed by atoms with van der Waals surface area (Å²) in [7, 11) is 1.84. The SMILES string of the molecule is COC1C(C)CC2(Cc3ccc(Br)cc3C23N=C(C)C(=S)N3)CC1C. The summed E-state index contributed by atoms with van der Waals surface area (Å²) in [6, 6.07) is 6.63. The van der Waals surface area contributed by atoms with E-state index < -0.39 is 5.66 Å². The van der Waals surface area contributed by atoms with Crippen LogP contribution in [0.25, 0.3) is 0 Å². The normalized spacial score (nSPS) is 39.6. The fourth-order valence-electron chi connectivity index (χ4n) is 5.80. The highest BCUT2D eigenvalue weighted by Crippen LogP contribution is 2.61. The average molecular weight is 421 g/mol. The zero-order valence-electron chi connectivity index (χ0n) is 15.2. The van der Waals surface area contributed by atoms with Crippen LogP contribution in [0.5, 0.6) is 0 Å². The largest absolute Gasteiger partial charge is 0.381 e. The van der Waals surface area contributed by atoms with Gasteiger partial charge in [-0.3, -0.25) is 4.99 Å². The molecule has 1 heterocycles. The van der Waals surface area contributed by atoms with Gasteiger partial charge in [0.25, 0.3) is 0 Å². The summed E-state index contributed by atoms with van der Waals surface area (Å²) in [6.45, 7) is 6.67. The summed E-state index contributed by atoms with van der Waals surface area (Å²) < 4.78 is 6.92. The van der Waals surface area contributed by atoms with Crippen molar-refractivity contribution in [3.05, 3.63) is 33.8 Å². The Morgan fingerprint density at radius 3 is 2.52 bits per heavy atom. The molecule has 1 aliphatic heterocycles. The smallest absolute Gasteiger partial charge is 0.162 e. The Labute approximate surface area is 163 Å². The highest BCUT2D eigenvalue weighted by Gasteiger charge is 2.63. The molecule has 3 unspecified atom stereocenters. The van der Waals surface area contributed by atoms with Crippen LogP contribution in [-0.2, 0) is 16.8 Å². The lowest BCUT2D eigenvalue weighted by Gasteiger charge is -2.51. The number of fused-ring (bicyclic) bond motifs is 3. The van der Waals surface area contributed by atoms with Gasteiger partial charge in [-0.15, -0.1) is 0 Å². The minimum atomic E-state index is -0.422. The van der Waals surface area contributed by atoms with Gasteiger partial charge in [0.15, 0.2) is 5.66 Å². The summed E-state index contributed by atoms with van der Waals surface area (Å²) in [5.41, 5.74) is 3.26. The van der Waals surface area contributed by atoms with Crippen molar-refractivity contribution in [3.63, 3.8) is 0 Å². The minimum absolute atomic E-state index is 0.0474. The molecule has 2 spiro atoms. The van der Waals surface area contributed by atoms with Crippen LogP contribution < -0.4 is 5.32 Å². The van der Waals surface area contributed by atoms with Gasteiger partial charge in [-0.05, 0) is 55.7 Å². The van der Waals surface area contributed by atoms with Gasteiger partial charge in [0, 0.05) is 22.6 Å². The van der Waals surface area contributed by atoms with Gasteiger partial charge in [0.1, 0.15) is 4.99 Å². The van der Waals surface area contributed by atoms with Crippen LogP contribution in [0.15, 0.2) is 27.7 Å². The molecule has 5 heteroatoms. The second kappa shape index (κ2) is 5.86. The fourth-order valence-corrected chi connectivity index (χ4v) is 6.35. The predicted octanol–water partition coefficient (Wildman–Crippen LogP) is 4.62. The maximum absolute atomic E-state index is 5.82. The van der Waals surface area contributed by atoms with Crippen LogP contribution in [0.2, 0.25) is 0 Å². The maximum Gasteiger partial charge on any atom is 0.162 e. The Balaban J connectivity index is 1.88. The molecule has 1 N–H and O–H groups in total. The maximum atomic E-state index is 5.82. The van der Waals surface area contributed by atoms with Crippen molar-refractivity contribution in [2.75, 3.05) is 7.11 Å². The standard InChI is InChI=1S/C20H25BrN2OS/c1-11-8-19(9-12(2)17(11)24-4)10-14-5-6-15(21)7-16(14)20(19)22-13(3)18(25)23-20/h5-7,11-12,17H,8-10H2,1-4H3,(H,23,25). The van der Waals surface area contributed by atoms with Crippen molar-refractivity contribution >= 4 is 38.8 Å². The lowest BCUT2D eigenvalue weighted by molar-refractivity contribution is -0.0767. The zero-order chi connectivity index (χ0) is 18.0. The topological polar surface area (TPSA) is 33.6 Å². The van der Waals surface area contributed by atoms with Crippen LogP contribution in [0.4, 0.5) is 0 Å². The predicted molar refractivity (Wildman–Crippen MR) is 109 cm³/mol. The van der Waals surface area contributed by atoms with Crippen LogP contribution in [0.3, 0.4) is 0 Å². The van der Waals surface area contributed by atoms with E-state index in [1.165, 1.54) is 11.1 Å². The molecule has 3 atom stereocenters. The molecule has 2 aliphatic carbocycles. The number of hydrogen-bond acceptors (Lipinski definition) is 3. The Morgan fingerprint density at radius 2 is 1.96 bits per heavy atom. The third-order valence-electron chi connectivity index (χ3n) is 6.54. The lowest BCUT2D eigenvalue weighted by atomic mass is 9.59. The van der Waals surface area contributed by atoms with Crippen LogP contribution in [-0.4, -0.2) is 23.9 Å². The molecule has 4 rings (SSSR count). The summed E-state index contributed by atoms with van der Waals surface area (Å²) in [5, 5.41) is 3.66. The molecule has 3 nitrogen and oxygen atoms in total. The van der Waals surface area contributed by atoms with E-state index in [0.717, 1.165) is 34.4 Å². The van der Waals surface area contributed by atoms with E-state index in [9.17, 15) is 0 Å². The number of halogens is 1.